The van der Waals surface area contributed by atoms with Gasteiger partial charge in [0.25, 0.3) is 0 Å². The Labute approximate surface area is 308 Å². The molecule has 0 unspecified atom stereocenters. The third-order valence-corrected chi connectivity index (χ3v) is 19.0. The van der Waals surface area contributed by atoms with Crippen molar-refractivity contribution in [3.8, 4) is 0 Å². The van der Waals surface area contributed by atoms with E-state index < -0.39 is 28.6 Å². The largest absolute Gasteiger partial charge is 0.461 e. The van der Waals surface area contributed by atoms with Crippen molar-refractivity contribution in [3.63, 3.8) is 0 Å². The fourth-order valence-electron chi connectivity index (χ4n) is 4.39. The Kier molecular flexibility index (Phi) is 17.2. The van der Waals surface area contributed by atoms with Gasteiger partial charge in [0.2, 0.25) is 11.8 Å². The van der Waals surface area contributed by atoms with E-state index in [1.807, 2.05) is 60.7 Å². The minimum atomic E-state index is -2.13. The molecule has 0 radical (unpaired) electrons. The van der Waals surface area contributed by atoms with Crippen molar-refractivity contribution in [1.82, 2.24) is 9.80 Å². The number of carbonyl (C=O) groups is 4. The van der Waals surface area contributed by atoms with Gasteiger partial charge < -0.3 is 28.1 Å². The Balaban J connectivity index is 2.15. The number of ether oxygens (including phenoxy) is 2. The van der Waals surface area contributed by atoms with Gasteiger partial charge in [0.15, 0.2) is 16.6 Å². The summed E-state index contributed by atoms with van der Waals surface area (Å²) >= 11 is 0. The average molecular weight is 743 g/mol. The molecule has 2 aromatic carbocycles. The van der Waals surface area contributed by atoms with Crippen LogP contribution in [0.2, 0.25) is 36.3 Å². The molecular formula is C39H62N2O8Si2. The van der Waals surface area contributed by atoms with Crippen LogP contribution in [0.5, 0.6) is 0 Å². The predicted octanol–water partition coefficient (Wildman–Crippen LogP) is 7.34. The first kappa shape index (κ1) is 43.8. The Morgan fingerprint density at radius 2 is 0.961 bits per heavy atom. The van der Waals surface area contributed by atoms with Crippen LogP contribution in [0.25, 0.3) is 0 Å². The van der Waals surface area contributed by atoms with Gasteiger partial charge in [-0.1, -0.05) is 102 Å². The predicted molar refractivity (Wildman–Crippen MR) is 206 cm³/mol. The van der Waals surface area contributed by atoms with E-state index in [2.05, 4.69) is 67.7 Å². The summed E-state index contributed by atoms with van der Waals surface area (Å²) in [6.45, 7) is 22.6. The van der Waals surface area contributed by atoms with E-state index in [9.17, 15) is 19.2 Å². The standard InChI is InChI=1S/C39H62N2O8Si2/c1-38(2,3)50(7,8)48-27-25-40(24-23-37(45)47-31-33-19-15-12-16-20-33)35(43)29-41(26-28-49-51(9,10)39(4,5)6)34(42)21-22-36(44)46-30-32-17-13-11-14-18-32/h11-20H,21-31H2,1-10H3. The fourth-order valence-corrected chi connectivity index (χ4v) is 6.45. The van der Waals surface area contributed by atoms with Crippen molar-refractivity contribution >= 4 is 40.4 Å². The van der Waals surface area contributed by atoms with Crippen molar-refractivity contribution in [1.29, 1.82) is 0 Å². The third-order valence-electron chi connectivity index (χ3n) is 9.91. The second-order valence-corrected chi connectivity index (χ2v) is 25.6. The van der Waals surface area contributed by atoms with E-state index in [-0.39, 0.29) is 87.2 Å². The van der Waals surface area contributed by atoms with Crippen LogP contribution in [0.15, 0.2) is 60.7 Å². The maximum Gasteiger partial charge on any atom is 0.307 e. The van der Waals surface area contributed by atoms with Crippen LogP contribution < -0.4 is 0 Å². The van der Waals surface area contributed by atoms with Crippen LogP contribution in [0.3, 0.4) is 0 Å². The van der Waals surface area contributed by atoms with Gasteiger partial charge in [-0.3, -0.25) is 19.2 Å². The Morgan fingerprint density at radius 3 is 1.39 bits per heavy atom. The number of benzene rings is 2. The Morgan fingerprint density at radius 1 is 0.549 bits per heavy atom. The molecule has 0 aromatic heterocycles. The zero-order valence-corrected chi connectivity index (χ0v) is 34.7. The maximum atomic E-state index is 13.9. The van der Waals surface area contributed by atoms with Crippen LogP contribution in [-0.2, 0) is 50.7 Å². The molecule has 284 valence electrons. The van der Waals surface area contributed by atoms with E-state index in [1.165, 1.54) is 4.90 Å². The average Bonchev–Trinajstić information content (AvgIpc) is 3.06. The molecule has 0 atom stereocenters. The molecule has 0 N–H and O–H groups in total. The Hall–Kier alpha value is -3.33. The normalized spacial score (nSPS) is 12.3. The number of nitrogens with zero attached hydrogens (tertiary/aromatic N) is 2. The Bertz CT molecular complexity index is 1390. The molecule has 0 bridgehead atoms. The van der Waals surface area contributed by atoms with E-state index in [4.69, 9.17) is 18.3 Å². The first-order chi connectivity index (χ1) is 23.7. The molecule has 2 rings (SSSR count). The first-order valence-corrected chi connectivity index (χ1v) is 23.8. The van der Waals surface area contributed by atoms with E-state index >= 15 is 0 Å². The van der Waals surface area contributed by atoms with E-state index in [1.54, 1.807) is 4.90 Å². The van der Waals surface area contributed by atoms with E-state index in [0.717, 1.165) is 11.1 Å². The van der Waals surface area contributed by atoms with Gasteiger partial charge in [0.05, 0.1) is 32.6 Å². The lowest BCUT2D eigenvalue weighted by atomic mass is 10.2. The lowest BCUT2D eigenvalue weighted by Gasteiger charge is -2.37. The van der Waals surface area contributed by atoms with Crippen LogP contribution in [0.1, 0.15) is 71.9 Å². The fraction of sp³-hybridized carbons (Fsp3) is 0.590. The number of carbonyl (C=O) groups excluding carboxylic acids is 4. The van der Waals surface area contributed by atoms with Crippen molar-refractivity contribution in [3.05, 3.63) is 71.8 Å². The smallest absolute Gasteiger partial charge is 0.307 e. The van der Waals surface area contributed by atoms with Gasteiger partial charge in [-0.25, -0.2) is 0 Å². The molecule has 0 spiro atoms. The molecule has 0 aliphatic rings. The molecule has 12 heteroatoms. The second kappa shape index (κ2) is 20.1. The van der Waals surface area contributed by atoms with Crippen LogP contribution in [0.4, 0.5) is 0 Å². The van der Waals surface area contributed by atoms with Gasteiger partial charge in [0.1, 0.15) is 13.2 Å². The topological polar surface area (TPSA) is 112 Å². The summed E-state index contributed by atoms with van der Waals surface area (Å²) in [6.07, 6.45) is -0.230. The molecule has 0 saturated heterocycles. The molecule has 0 saturated carbocycles. The highest BCUT2D eigenvalue weighted by Crippen LogP contribution is 2.37. The van der Waals surface area contributed by atoms with Gasteiger partial charge >= 0.3 is 11.9 Å². The maximum absolute atomic E-state index is 13.9. The molecule has 0 aliphatic carbocycles. The molecule has 2 amide bonds. The van der Waals surface area contributed by atoms with Crippen molar-refractivity contribution in [2.24, 2.45) is 0 Å². The molecular weight excluding hydrogens is 681 g/mol. The van der Waals surface area contributed by atoms with Gasteiger partial charge in [-0.05, 0) is 47.4 Å². The van der Waals surface area contributed by atoms with Crippen molar-refractivity contribution in [2.75, 3.05) is 39.4 Å². The highest BCUT2D eigenvalue weighted by molar-refractivity contribution is 6.74. The molecule has 0 aliphatic heterocycles. The van der Waals surface area contributed by atoms with Gasteiger partial charge in [-0.15, -0.1) is 0 Å². The quantitative estimate of drug-likeness (QED) is 0.102. The molecule has 0 heterocycles. The summed E-state index contributed by atoms with van der Waals surface area (Å²) in [5, 5.41) is -0.0467. The summed E-state index contributed by atoms with van der Waals surface area (Å²) in [5.74, 6) is -1.59. The summed E-state index contributed by atoms with van der Waals surface area (Å²) in [4.78, 5) is 55.8. The van der Waals surface area contributed by atoms with Crippen molar-refractivity contribution in [2.45, 2.75) is 110 Å². The molecule has 2 aromatic rings. The van der Waals surface area contributed by atoms with Crippen LogP contribution in [-0.4, -0.2) is 89.6 Å². The zero-order valence-electron chi connectivity index (χ0n) is 32.7. The summed E-state index contributed by atoms with van der Waals surface area (Å²) in [6, 6.07) is 18.7. The SMILES string of the molecule is CC(C)(C)[Si](C)(C)OCCN(CCC(=O)OCc1ccccc1)C(=O)CN(CCO[Si](C)(C)C(C)(C)C)C(=O)CCC(=O)OCc1ccccc1. The van der Waals surface area contributed by atoms with Crippen LogP contribution >= 0.6 is 0 Å². The number of esters is 2. The minimum Gasteiger partial charge on any atom is -0.461 e. The summed E-state index contributed by atoms with van der Waals surface area (Å²) < 4.78 is 23.6. The summed E-state index contributed by atoms with van der Waals surface area (Å²) in [5.41, 5.74) is 1.73. The second-order valence-electron chi connectivity index (χ2n) is 16.0. The zero-order chi connectivity index (χ0) is 38.3. The highest BCUT2D eigenvalue weighted by atomic mass is 28.4. The molecule has 0 fully saturated rings. The number of rotatable bonds is 20. The number of hydrogen-bond acceptors (Lipinski definition) is 8. The van der Waals surface area contributed by atoms with Crippen molar-refractivity contribution < 1.29 is 37.5 Å². The monoisotopic (exact) mass is 742 g/mol. The van der Waals surface area contributed by atoms with Gasteiger partial charge in [0, 0.05) is 26.1 Å². The highest BCUT2D eigenvalue weighted by Gasteiger charge is 2.38. The number of amides is 2. The van der Waals surface area contributed by atoms with Crippen LogP contribution in [0, 0.1) is 0 Å². The molecule has 10 nitrogen and oxygen atoms in total. The van der Waals surface area contributed by atoms with Gasteiger partial charge in [-0.2, -0.15) is 0 Å². The lowest BCUT2D eigenvalue weighted by molar-refractivity contribution is -0.148. The number of hydrogen-bond donors (Lipinski definition) is 0. The van der Waals surface area contributed by atoms with E-state index in [0.29, 0.717) is 6.61 Å². The third kappa shape index (κ3) is 15.8. The minimum absolute atomic E-state index is 0.00560. The first-order valence-electron chi connectivity index (χ1n) is 17.9. The summed E-state index contributed by atoms with van der Waals surface area (Å²) in [7, 11) is -4.23. The lowest BCUT2D eigenvalue weighted by Crippen LogP contribution is -2.48. The molecule has 51 heavy (non-hydrogen) atoms.